The predicted octanol–water partition coefficient (Wildman–Crippen LogP) is 3.74. The van der Waals surface area contributed by atoms with Crippen molar-refractivity contribution < 1.29 is 14.3 Å². The monoisotopic (exact) mass is 327 g/mol. The van der Waals surface area contributed by atoms with Crippen molar-refractivity contribution in [1.82, 2.24) is 0 Å². The van der Waals surface area contributed by atoms with E-state index in [2.05, 4.69) is 26.0 Å². The molecule has 0 fully saturated rings. The van der Waals surface area contributed by atoms with E-state index >= 15 is 0 Å². The standard InChI is InChI=1S/C20H25NO3/c1-14(2)15-9-11-17(12-10-15)24-13-16-7-5-6-8-18(16)20(3,23-4)19(21)22/h5-12,14H,13H2,1-4H3,(H2,21,22). The third kappa shape index (κ3) is 3.77. The molecule has 1 amide bonds. The summed E-state index contributed by atoms with van der Waals surface area (Å²) in [5, 5.41) is 0. The van der Waals surface area contributed by atoms with Crippen LogP contribution in [0, 0.1) is 0 Å². The molecule has 2 N–H and O–H groups in total. The van der Waals surface area contributed by atoms with Crippen molar-refractivity contribution in [2.75, 3.05) is 7.11 Å². The Morgan fingerprint density at radius 3 is 2.29 bits per heavy atom. The van der Waals surface area contributed by atoms with Crippen LogP contribution in [0.3, 0.4) is 0 Å². The smallest absolute Gasteiger partial charge is 0.254 e. The van der Waals surface area contributed by atoms with Crippen molar-refractivity contribution in [2.24, 2.45) is 5.73 Å². The molecule has 0 aliphatic carbocycles. The topological polar surface area (TPSA) is 61.5 Å². The molecule has 0 bridgehead atoms. The van der Waals surface area contributed by atoms with Crippen LogP contribution in [0.5, 0.6) is 5.75 Å². The highest BCUT2D eigenvalue weighted by atomic mass is 16.5. The number of hydrogen-bond acceptors (Lipinski definition) is 3. The maximum atomic E-state index is 11.8. The lowest BCUT2D eigenvalue weighted by atomic mass is 9.91. The van der Waals surface area contributed by atoms with Gasteiger partial charge < -0.3 is 15.2 Å². The number of amides is 1. The second-order valence-corrected chi connectivity index (χ2v) is 6.27. The largest absolute Gasteiger partial charge is 0.489 e. The van der Waals surface area contributed by atoms with Crippen molar-refractivity contribution in [2.45, 2.75) is 38.9 Å². The molecule has 0 heterocycles. The molecule has 0 saturated heterocycles. The molecular formula is C20H25NO3. The summed E-state index contributed by atoms with van der Waals surface area (Å²) in [6.07, 6.45) is 0. The quantitative estimate of drug-likeness (QED) is 0.843. The summed E-state index contributed by atoms with van der Waals surface area (Å²) < 4.78 is 11.3. The van der Waals surface area contributed by atoms with Gasteiger partial charge >= 0.3 is 0 Å². The Bertz CT molecular complexity index is 694. The number of ether oxygens (including phenoxy) is 2. The van der Waals surface area contributed by atoms with Crippen LogP contribution in [0.4, 0.5) is 0 Å². The second-order valence-electron chi connectivity index (χ2n) is 6.27. The summed E-state index contributed by atoms with van der Waals surface area (Å²) in [5.74, 6) is 0.740. The SMILES string of the molecule is COC(C)(C(N)=O)c1ccccc1COc1ccc(C(C)C)cc1. The van der Waals surface area contributed by atoms with Crippen LogP contribution in [0.25, 0.3) is 0 Å². The summed E-state index contributed by atoms with van der Waals surface area (Å²) in [6.45, 7) is 6.32. The van der Waals surface area contributed by atoms with Crippen LogP contribution in [0.1, 0.15) is 43.4 Å². The lowest BCUT2D eigenvalue weighted by Gasteiger charge is -2.27. The van der Waals surface area contributed by atoms with E-state index in [4.69, 9.17) is 15.2 Å². The van der Waals surface area contributed by atoms with Crippen LogP contribution < -0.4 is 10.5 Å². The zero-order valence-corrected chi connectivity index (χ0v) is 14.7. The molecule has 2 aromatic rings. The average molecular weight is 327 g/mol. The van der Waals surface area contributed by atoms with Gasteiger partial charge in [0.25, 0.3) is 5.91 Å². The first kappa shape index (κ1) is 18.0. The lowest BCUT2D eigenvalue weighted by molar-refractivity contribution is -0.139. The minimum atomic E-state index is -1.18. The Morgan fingerprint density at radius 2 is 1.75 bits per heavy atom. The molecule has 2 aromatic carbocycles. The highest BCUT2D eigenvalue weighted by molar-refractivity contribution is 5.85. The molecule has 4 nitrogen and oxygen atoms in total. The number of carbonyl (C=O) groups is 1. The van der Waals surface area contributed by atoms with Crippen LogP contribution >= 0.6 is 0 Å². The van der Waals surface area contributed by atoms with E-state index in [0.717, 1.165) is 16.9 Å². The molecule has 1 atom stereocenters. The third-order valence-corrected chi connectivity index (χ3v) is 4.35. The molecule has 0 aliphatic rings. The van der Waals surface area contributed by atoms with Crippen LogP contribution in [0.2, 0.25) is 0 Å². The number of hydrogen-bond donors (Lipinski definition) is 1. The molecule has 0 spiro atoms. The molecule has 0 saturated carbocycles. The maximum Gasteiger partial charge on any atom is 0.254 e. The molecule has 128 valence electrons. The summed E-state index contributed by atoms with van der Waals surface area (Å²) in [5.41, 5.74) is 7.21. The van der Waals surface area contributed by atoms with E-state index in [1.807, 2.05) is 36.4 Å². The van der Waals surface area contributed by atoms with Gasteiger partial charge in [0.05, 0.1) is 0 Å². The molecule has 0 aromatic heterocycles. The first-order valence-electron chi connectivity index (χ1n) is 8.04. The van der Waals surface area contributed by atoms with E-state index in [1.54, 1.807) is 6.92 Å². The van der Waals surface area contributed by atoms with Crippen molar-refractivity contribution in [3.63, 3.8) is 0 Å². The zero-order valence-electron chi connectivity index (χ0n) is 14.7. The molecule has 24 heavy (non-hydrogen) atoms. The van der Waals surface area contributed by atoms with E-state index in [0.29, 0.717) is 12.5 Å². The first-order chi connectivity index (χ1) is 11.4. The number of rotatable bonds is 7. The van der Waals surface area contributed by atoms with Gasteiger partial charge in [0.2, 0.25) is 0 Å². The fraction of sp³-hybridized carbons (Fsp3) is 0.350. The number of benzene rings is 2. The van der Waals surface area contributed by atoms with Crippen LogP contribution in [-0.2, 0) is 21.7 Å². The highest BCUT2D eigenvalue weighted by Gasteiger charge is 2.35. The molecule has 2 rings (SSSR count). The summed E-state index contributed by atoms with van der Waals surface area (Å²) in [4.78, 5) is 11.8. The van der Waals surface area contributed by atoms with Gasteiger partial charge in [0, 0.05) is 7.11 Å². The number of nitrogens with two attached hydrogens (primary N) is 1. The third-order valence-electron chi connectivity index (χ3n) is 4.35. The maximum absolute atomic E-state index is 11.8. The number of methoxy groups -OCH3 is 1. The van der Waals surface area contributed by atoms with E-state index in [9.17, 15) is 4.79 Å². The first-order valence-corrected chi connectivity index (χ1v) is 8.04. The Labute approximate surface area is 143 Å². The minimum absolute atomic E-state index is 0.337. The fourth-order valence-electron chi connectivity index (χ4n) is 2.56. The normalized spacial score (nSPS) is 13.5. The predicted molar refractivity (Wildman–Crippen MR) is 94.9 cm³/mol. The van der Waals surface area contributed by atoms with E-state index in [1.165, 1.54) is 12.7 Å². The van der Waals surface area contributed by atoms with Gasteiger partial charge in [-0.05, 0) is 41.7 Å². The van der Waals surface area contributed by atoms with Crippen LogP contribution in [-0.4, -0.2) is 13.0 Å². The number of carbonyl (C=O) groups excluding carboxylic acids is 1. The van der Waals surface area contributed by atoms with Crippen molar-refractivity contribution in [3.05, 3.63) is 65.2 Å². The van der Waals surface area contributed by atoms with E-state index < -0.39 is 11.5 Å². The Kier molecular flexibility index (Phi) is 5.62. The zero-order chi connectivity index (χ0) is 17.7. The number of primary amides is 1. The second kappa shape index (κ2) is 7.49. The summed E-state index contributed by atoms with van der Waals surface area (Å²) in [7, 11) is 1.48. The van der Waals surface area contributed by atoms with Crippen molar-refractivity contribution in [3.8, 4) is 5.75 Å². The van der Waals surface area contributed by atoms with E-state index in [-0.39, 0.29) is 0 Å². The summed E-state index contributed by atoms with van der Waals surface area (Å²) in [6, 6.07) is 15.6. The van der Waals surface area contributed by atoms with Gasteiger partial charge in [-0.3, -0.25) is 4.79 Å². The van der Waals surface area contributed by atoms with Gasteiger partial charge in [-0.15, -0.1) is 0 Å². The fourth-order valence-corrected chi connectivity index (χ4v) is 2.56. The van der Waals surface area contributed by atoms with Gasteiger partial charge in [0.1, 0.15) is 12.4 Å². The van der Waals surface area contributed by atoms with Gasteiger partial charge in [0.15, 0.2) is 5.60 Å². The molecule has 4 heteroatoms. The van der Waals surface area contributed by atoms with Crippen molar-refractivity contribution >= 4 is 5.91 Å². The molecular weight excluding hydrogens is 302 g/mol. The van der Waals surface area contributed by atoms with Crippen LogP contribution in [0.15, 0.2) is 48.5 Å². The molecule has 1 unspecified atom stereocenters. The molecule has 0 radical (unpaired) electrons. The lowest BCUT2D eigenvalue weighted by Crippen LogP contribution is -2.41. The minimum Gasteiger partial charge on any atom is -0.489 e. The van der Waals surface area contributed by atoms with Gasteiger partial charge in [-0.25, -0.2) is 0 Å². The van der Waals surface area contributed by atoms with Crippen molar-refractivity contribution in [1.29, 1.82) is 0 Å². The Morgan fingerprint density at radius 1 is 1.12 bits per heavy atom. The Hall–Kier alpha value is -2.33. The average Bonchev–Trinajstić information content (AvgIpc) is 2.59. The molecule has 0 aliphatic heterocycles. The summed E-state index contributed by atoms with van der Waals surface area (Å²) >= 11 is 0. The highest BCUT2D eigenvalue weighted by Crippen LogP contribution is 2.28. The van der Waals surface area contributed by atoms with Gasteiger partial charge in [-0.2, -0.15) is 0 Å². The van der Waals surface area contributed by atoms with Gasteiger partial charge in [-0.1, -0.05) is 50.2 Å². The Balaban J connectivity index is 2.20.